The molecule has 2 unspecified atom stereocenters. The molecule has 124 valence electrons. The monoisotopic (exact) mass is 293 g/mol. The Labute approximate surface area is 133 Å². The largest absolute Gasteiger partial charge is 0.291 e. The molecule has 5 atom stereocenters. The van der Waals surface area contributed by atoms with Gasteiger partial charge in [0.1, 0.15) is 0 Å². The first-order valence-electron chi connectivity index (χ1n) is 9.47. The molecular formula is C20H39N. The van der Waals surface area contributed by atoms with Crippen LogP contribution >= 0.6 is 0 Å². The van der Waals surface area contributed by atoms with E-state index < -0.39 is 0 Å². The summed E-state index contributed by atoms with van der Waals surface area (Å²) in [4.78, 5) is 2.96. The molecule has 0 aromatic carbocycles. The molecule has 21 heavy (non-hydrogen) atoms. The highest BCUT2D eigenvalue weighted by Crippen LogP contribution is 2.54. The molecule has 1 nitrogen and oxygen atoms in total. The topological polar surface area (TPSA) is 3.24 Å². The van der Waals surface area contributed by atoms with Gasteiger partial charge in [0.25, 0.3) is 0 Å². The van der Waals surface area contributed by atoms with E-state index in [4.69, 9.17) is 0 Å². The molecule has 1 heteroatoms. The van der Waals surface area contributed by atoms with Gasteiger partial charge in [-0.25, -0.2) is 0 Å². The molecule has 1 saturated carbocycles. The van der Waals surface area contributed by atoms with E-state index >= 15 is 0 Å². The van der Waals surface area contributed by atoms with Crippen molar-refractivity contribution in [2.75, 3.05) is 0 Å². The Hall–Kier alpha value is -0.0400. The smallest absolute Gasteiger partial charge is 0.0165 e. The minimum Gasteiger partial charge on any atom is -0.291 e. The fourth-order valence-corrected chi connectivity index (χ4v) is 6.43. The summed E-state index contributed by atoms with van der Waals surface area (Å²) >= 11 is 0. The van der Waals surface area contributed by atoms with Gasteiger partial charge in [-0.15, -0.1) is 0 Å². The van der Waals surface area contributed by atoms with Gasteiger partial charge in [0.05, 0.1) is 0 Å². The lowest BCUT2D eigenvalue weighted by molar-refractivity contribution is -0.0200. The lowest BCUT2D eigenvalue weighted by atomic mass is 9.71. The summed E-state index contributed by atoms with van der Waals surface area (Å²) in [6.45, 7) is 19.8. The molecule has 0 N–H and O–H groups in total. The maximum Gasteiger partial charge on any atom is 0.0165 e. The molecule has 0 radical (unpaired) electrons. The molecule has 0 amide bonds. The third-order valence-electron chi connectivity index (χ3n) is 7.23. The van der Waals surface area contributed by atoms with E-state index in [1.807, 2.05) is 0 Å². The van der Waals surface area contributed by atoms with Crippen LogP contribution in [0.2, 0.25) is 0 Å². The van der Waals surface area contributed by atoms with Crippen LogP contribution in [0.5, 0.6) is 0 Å². The van der Waals surface area contributed by atoms with E-state index in [2.05, 4.69) is 60.3 Å². The Kier molecular flexibility index (Phi) is 4.84. The van der Waals surface area contributed by atoms with Crippen molar-refractivity contribution in [2.24, 2.45) is 23.2 Å². The maximum atomic E-state index is 2.96. The van der Waals surface area contributed by atoms with Crippen molar-refractivity contribution >= 4 is 0 Å². The lowest BCUT2D eigenvalue weighted by Crippen LogP contribution is -2.56. The van der Waals surface area contributed by atoms with Crippen molar-refractivity contribution in [3.63, 3.8) is 0 Å². The summed E-state index contributed by atoms with van der Waals surface area (Å²) in [5, 5.41) is 0. The molecule has 1 aliphatic carbocycles. The first kappa shape index (κ1) is 17.3. The molecule has 0 aromatic heterocycles. The van der Waals surface area contributed by atoms with Crippen LogP contribution in [0.15, 0.2) is 0 Å². The predicted octanol–water partition coefficient (Wildman–Crippen LogP) is 5.74. The number of nitrogens with zero attached hydrogens (tertiary/aromatic N) is 1. The Morgan fingerprint density at radius 2 is 1.38 bits per heavy atom. The second-order valence-corrected chi connectivity index (χ2v) is 9.16. The van der Waals surface area contributed by atoms with Gasteiger partial charge in [-0.3, -0.25) is 4.90 Å². The van der Waals surface area contributed by atoms with Crippen molar-refractivity contribution in [3.05, 3.63) is 0 Å². The highest BCUT2D eigenvalue weighted by atomic mass is 15.3. The standard InChI is InChI=1S/C20H39N/c1-9-20(10-2)13-19(7,8)21(17(20)6)18-15(4)11-14(3)12-16(18)5/h14-18H,9-13H2,1-8H3/t14-,15-,16?,17?,18+/m1/s1. The van der Waals surface area contributed by atoms with Gasteiger partial charge in [0.15, 0.2) is 0 Å². The van der Waals surface area contributed by atoms with Crippen molar-refractivity contribution in [2.45, 2.75) is 105 Å². The number of rotatable bonds is 3. The van der Waals surface area contributed by atoms with E-state index in [1.54, 1.807) is 0 Å². The van der Waals surface area contributed by atoms with Crippen molar-refractivity contribution in [1.82, 2.24) is 4.90 Å². The Morgan fingerprint density at radius 1 is 0.905 bits per heavy atom. The minimum atomic E-state index is 0.360. The van der Waals surface area contributed by atoms with Gasteiger partial charge in [0, 0.05) is 17.6 Å². The fourth-order valence-electron chi connectivity index (χ4n) is 6.43. The van der Waals surface area contributed by atoms with E-state index in [-0.39, 0.29) is 0 Å². The summed E-state index contributed by atoms with van der Waals surface area (Å²) in [5.74, 6) is 2.60. The van der Waals surface area contributed by atoms with Crippen LogP contribution in [0, 0.1) is 23.2 Å². The van der Waals surface area contributed by atoms with Crippen molar-refractivity contribution in [1.29, 1.82) is 0 Å². The van der Waals surface area contributed by atoms with E-state index in [0.29, 0.717) is 11.0 Å². The van der Waals surface area contributed by atoms with Crippen LogP contribution in [0.1, 0.15) is 87.5 Å². The van der Waals surface area contributed by atoms with Gasteiger partial charge in [0.2, 0.25) is 0 Å². The first-order chi connectivity index (χ1) is 9.68. The van der Waals surface area contributed by atoms with Crippen LogP contribution in [0.3, 0.4) is 0 Å². The lowest BCUT2D eigenvalue weighted by Gasteiger charge is -2.50. The first-order valence-corrected chi connectivity index (χ1v) is 9.47. The van der Waals surface area contributed by atoms with E-state index in [9.17, 15) is 0 Å². The van der Waals surface area contributed by atoms with Crippen LogP contribution < -0.4 is 0 Å². The molecule has 0 bridgehead atoms. The highest BCUT2D eigenvalue weighted by Gasteiger charge is 2.55. The van der Waals surface area contributed by atoms with Crippen molar-refractivity contribution in [3.8, 4) is 0 Å². The number of hydrogen-bond donors (Lipinski definition) is 0. The average Bonchev–Trinajstić information content (AvgIpc) is 2.58. The SMILES string of the molecule is CCC1(CC)CC(C)(C)N([C@@H]2C(C)C[C@H](C)C[C@H]2C)C1C. The van der Waals surface area contributed by atoms with Gasteiger partial charge >= 0.3 is 0 Å². The molecule has 1 saturated heterocycles. The molecule has 1 heterocycles. The Morgan fingerprint density at radius 3 is 1.76 bits per heavy atom. The summed E-state index contributed by atoms with van der Waals surface area (Å²) in [5.41, 5.74) is 0.894. The molecule has 0 aromatic rings. The molecule has 1 aliphatic heterocycles. The number of likely N-dealkylation sites (tertiary alicyclic amines) is 1. The Balaban J connectivity index is 2.33. The number of hydrogen-bond acceptors (Lipinski definition) is 1. The predicted molar refractivity (Wildman–Crippen MR) is 93.5 cm³/mol. The van der Waals surface area contributed by atoms with Crippen molar-refractivity contribution < 1.29 is 0 Å². The molecule has 2 aliphatic rings. The zero-order chi connectivity index (χ0) is 16.0. The molecule has 0 spiro atoms. The average molecular weight is 294 g/mol. The summed E-state index contributed by atoms with van der Waals surface area (Å²) < 4.78 is 0. The molecule has 2 rings (SSSR count). The van der Waals surface area contributed by atoms with E-state index in [1.165, 1.54) is 32.1 Å². The maximum absolute atomic E-state index is 2.96. The zero-order valence-electron chi connectivity index (χ0n) is 15.9. The second-order valence-electron chi connectivity index (χ2n) is 9.16. The normalized spacial score (nSPS) is 43.1. The minimum absolute atomic E-state index is 0.360. The molecular weight excluding hydrogens is 254 g/mol. The van der Waals surface area contributed by atoms with Crippen LogP contribution in [-0.4, -0.2) is 22.5 Å². The Bertz CT molecular complexity index is 343. The van der Waals surface area contributed by atoms with Crippen LogP contribution in [0.25, 0.3) is 0 Å². The zero-order valence-corrected chi connectivity index (χ0v) is 15.9. The third-order valence-corrected chi connectivity index (χ3v) is 7.23. The summed E-state index contributed by atoms with van der Waals surface area (Å²) in [6.07, 6.45) is 6.87. The summed E-state index contributed by atoms with van der Waals surface area (Å²) in [6, 6.07) is 1.51. The van der Waals surface area contributed by atoms with Gasteiger partial charge < -0.3 is 0 Å². The van der Waals surface area contributed by atoms with Crippen LogP contribution in [-0.2, 0) is 0 Å². The second kappa shape index (κ2) is 5.87. The fraction of sp³-hybridized carbons (Fsp3) is 1.00. The van der Waals surface area contributed by atoms with Gasteiger partial charge in [-0.2, -0.15) is 0 Å². The highest BCUT2D eigenvalue weighted by molar-refractivity contribution is 5.09. The molecule has 2 fully saturated rings. The quantitative estimate of drug-likeness (QED) is 0.641. The van der Waals surface area contributed by atoms with Gasteiger partial charge in [-0.05, 0) is 76.0 Å². The van der Waals surface area contributed by atoms with E-state index in [0.717, 1.165) is 29.8 Å². The summed E-state index contributed by atoms with van der Waals surface area (Å²) in [7, 11) is 0. The van der Waals surface area contributed by atoms with Gasteiger partial charge in [-0.1, -0.05) is 34.6 Å². The van der Waals surface area contributed by atoms with Crippen LogP contribution in [0.4, 0.5) is 0 Å². The third kappa shape index (κ3) is 2.80.